The third-order valence-corrected chi connectivity index (χ3v) is 3.17. The zero-order chi connectivity index (χ0) is 15.9. The lowest BCUT2D eigenvalue weighted by Gasteiger charge is -2.11. The summed E-state index contributed by atoms with van der Waals surface area (Å²) < 4.78 is 10.1. The molecule has 0 saturated heterocycles. The van der Waals surface area contributed by atoms with Gasteiger partial charge in [-0.1, -0.05) is 11.6 Å². The van der Waals surface area contributed by atoms with Crippen LogP contribution in [0.15, 0.2) is 24.3 Å². The summed E-state index contributed by atoms with van der Waals surface area (Å²) in [5.74, 6) is 1.87. The van der Waals surface area contributed by atoms with Gasteiger partial charge in [-0.2, -0.15) is 4.98 Å². The van der Waals surface area contributed by atoms with Crippen molar-refractivity contribution in [3.05, 3.63) is 35.0 Å². The third-order valence-electron chi connectivity index (χ3n) is 2.87. The Morgan fingerprint density at radius 2 is 2.00 bits per heavy atom. The second-order valence-electron chi connectivity index (χ2n) is 4.61. The predicted octanol–water partition coefficient (Wildman–Crippen LogP) is 3.25. The molecule has 22 heavy (non-hydrogen) atoms. The summed E-state index contributed by atoms with van der Waals surface area (Å²) >= 11 is 6.11. The lowest BCUT2D eigenvalue weighted by atomic mass is 10.3. The Kier molecular flexibility index (Phi) is 5.80. The number of halogens is 1. The first-order valence-corrected chi connectivity index (χ1v) is 7.19. The number of methoxy groups -OCH3 is 2. The Morgan fingerprint density at radius 1 is 1.18 bits per heavy atom. The van der Waals surface area contributed by atoms with Crippen LogP contribution in [0.3, 0.4) is 0 Å². The fourth-order valence-corrected chi connectivity index (χ4v) is 2.13. The first-order valence-electron chi connectivity index (χ1n) is 6.81. The number of benzene rings is 1. The first kappa shape index (κ1) is 16.3. The van der Waals surface area contributed by atoms with E-state index in [1.165, 1.54) is 0 Å². The Labute approximate surface area is 134 Å². The minimum Gasteiger partial charge on any atom is -0.495 e. The van der Waals surface area contributed by atoms with E-state index in [2.05, 4.69) is 20.6 Å². The minimum atomic E-state index is 0.501. The molecule has 2 N–H and O–H groups in total. The average molecular weight is 323 g/mol. The van der Waals surface area contributed by atoms with E-state index < -0.39 is 0 Å². The molecule has 0 atom stereocenters. The van der Waals surface area contributed by atoms with Crippen molar-refractivity contribution in [3.8, 4) is 5.75 Å². The van der Waals surface area contributed by atoms with Gasteiger partial charge < -0.3 is 20.1 Å². The molecule has 0 aliphatic heterocycles. The second-order valence-corrected chi connectivity index (χ2v) is 5.02. The average Bonchev–Trinajstić information content (AvgIpc) is 2.47. The summed E-state index contributed by atoms with van der Waals surface area (Å²) in [5.41, 5.74) is 1.65. The molecular weight excluding hydrogens is 304 g/mol. The molecule has 2 rings (SSSR count). The maximum absolute atomic E-state index is 6.11. The van der Waals surface area contributed by atoms with E-state index in [1.54, 1.807) is 26.4 Å². The van der Waals surface area contributed by atoms with Crippen LogP contribution in [-0.2, 0) is 4.74 Å². The SMILES string of the molecule is COCCNc1cc(C)nc(Nc2ccc(OC)c(Cl)c2)n1. The van der Waals surface area contributed by atoms with Gasteiger partial charge in [0.05, 0.1) is 18.7 Å². The summed E-state index contributed by atoms with van der Waals surface area (Å²) in [5, 5.41) is 6.84. The highest BCUT2D eigenvalue weighted by atomic mass is 35.5. The number of hydrogen-bond acceptors (Lipinski definition) is 6. The monoisotopic (exact) mass is 322 g/mol. The standard InChI is InChI=1S/C15H19ClN4O2/c1-10-8-14(17-6-7-21-2)20-15(18-10)19-11-4-5-13(22-3)12(16)9-11/h4-5,8-9H,6-7H2,1-3H3,(H2,17,18,19,20). The molecule has 1 aromatic heterocycles. The van der Waals surface area contributed by atoms with Crippen molar-refractivity contribution >= 4 is 29.1 Å². The molecule has 0 spiro atoms. The molecule has 0 aliphatic rings. The molecule has 1 heterocycles. The molecule has 6 nitrogen and oxygen atoms in total. The van der Waals surface area contributed by atoms with Gasteiger partial charge in [-0.05, 0) is 25.1 Å². The summed E-state index contributed by atoms with van der Waals surface area (Å²) in [6.07, 6.45) is 0. The highest BCUT2D eigenvalue weighted by Crippen LogP contribution is 2.28. The van der Waals surface area contributed by atoms with E-state index in [1.807, 2.05) is 19.1 Å². The van der Waals surface area contributed by atoms with Crippen molar-refractivity contribution in [2.45, 2.75) is 6.92 Å². The Balaban J connectivity index is 2.13. The molecule has 1 aromatic carbocycles. The molecule has 0 amide bonds. The zero-order valence-electron chi connectivity index (χ0n) is 12.8. The number of ether oxygens (including phenoxy) is 2. The maximum Gasteiger partial charge on any atom is 0.229 e. The molecule has 0 bridgehead atoms. The number of hydrogen-bond donors (Lipinski definition) is 2. The van der Waals surface area contributed by atoms with Crippen molar-refractivity contribution in [2.24, 2.45) is 0 Å². The van der Waals surface area contributed by atoms with E-state index >= 15 is 0 Å². The Morgan fingerprint density at radius 3 is 2.68 bits per heavy atom. The number of nitrogens with zero attached hydrogens (tertiary/aromatic N) is 2. The summed E-state index contributed by atoms with van der Waals surface area (Å²) in [4.78, 5) is 8.77. The van der Waals surface area contributed by atoms with Gasteiger partial charge in [-0.25, -0.2) is 4.98 Å². The van der Waals surface area contributed by atoms with E-state index in [9.17, 15) is 0 Å². The highest BCUT2D eigenvalue weighted by molar-refractivity contribution is 6.32. The number of nitrogens with one attached hydrogen (secondary N) is 2. The fourth-order valence-electron chi connectivity index (χ4n) is 1.87. The molecule has 118 valence electrons. The van der Waals surface area contributed by atoms with E-state index in [0.717, 1.165) is 17.2 Å². The smallest absolute Gasteiger partial charge is 0.229 e. The summed E-state index contributed by atoms with van der Waals surface area (Å²) in [7, 11) is 3.24. The number of aromatic nitrogens is 2. The normalized spacial score (nSPS) is 10.4. The van der Waals surface area contributed by atoms with Gasteiger partial charge in [0.1, 0.15) is 11.6 Å². The molecule has 0 aliphatic carbocycles. The third kappa shape index (κ3) is 4.47. The van der Waals surface area contributed by atoms with E-state index in [0.29, 0.717) is 29.9 Å². The van der Waals surface area contributed by atoms with Crippen molar-refractivity contribution in [1.82, 2.24) is 9.97 Å². The van der Waals surface area contributed by atoms with Crippen LogP contribution in [0.5, 0.6) is 5.75 Å². The van der Waals surface area contributed by atoms with Crippen LogP contribution in [0.25, 0.3) is 0 Å². The van der Waals surface area contributed by atoms with Crippen molar-refractivity contribution < 1.29 is 9.47 Å². The molecule has 7 heteroatoms. The van der Waals surface area contributed by atoms with Crippen LogP contribution < -0.4 is 15.4 Å². The van der Waals surface area contributed by atoms with Gasteiger partial charge in [0, 0.05) is 31.1 Å². The van der Waals surface area contributed by atoms with E-state index in [-0.39, 0.29) is 0 Å². The Hall–Kier alpha value is -2.05. The summed E-state index contributed by atoms with van der Waals surface area (Å²) in [6.45, 7) is 3.20. The van der Waals surface area contributed by atoms with Gasteiger partial charge in [-0.15, -0.1) is 0 Å². The quantitative estimate of drug-likeness (QED) is 0.763. The van der Waals surface area contributed by atoms with Crippen molar-refractivity contribution in [2.75, 3.05) is 38.0 Å². The fraction of sp³-hybridized carbons (Fsp3) is 0.333. The van der Waals surface area contributed by atoms with Crippen molar-refractivity contribution in [3.63, 3.8) is 0 Å². The predicted molar refractivity (Wildman–Crippen MR) is 88.4 cm³/mol. The maximum atomic E-state index is 6.11. The summed E-state index contributed by atoms with van der Waals surface area (Å²) in [6, 6.07) is 7.29. The molecule has 0 radical (unpaired) electrons. The number of aryl methyl sites for hydroxylation is 1. The van der Waals surface area contributed by atoms with Gasteiger partial charge in [0.25, 0.3) is 0 Å². The van der Waals surface area contributed by atoms with Gasteiger partial charge in [-0.3, -0.25) is 0 Å². The van der Waals surface area contributed by atoms with Gasteiger partial charge >= 0.3 is 0 Å². The second kappa shape index (κ2) is 7.82. The number of rotatable bonds is 7. The van der Waals surface area contributed by atoms with Crippen LogP contribution in [0.4, 0.5) is 17.5 Å². The minimum absolute atomic E-state index is 0.501. The van der Waals surface area contributed by atoms with Crippen LogP contribution in [0.2, 0.25) is 5.02 Å². The Bertz CT molecular complexity index is 637. The van der Waals surface area contributed by atoms with Crippen LogP contribution in [0, 0.1) is 6.92 Å². The topological polar surface area (TPSA) is 68.3 Å². The largest absolute Gasteiger partial charge is 0.495 e. The molecular formula is C15H19ClN4O2. The molecule has 0 unspecified atom stereocenters. The van der Waals surface area contributed by atoms with Crippen LogP contribution >= 0.6 is 11.6 Å². The molecule has 2 aromatic rings. The van der Waals surface area contributed by atoms with Crippen LogP contribution in [-0.4, -0.2) is 37.3 Å². The molecule has 0 saturated carbocycles. The first-order chi connectivity index (χ1) is 10.6. The molecule has 0 fully saturated rings. The van der Waals surface area contributed by atoms with E-state index in [4.69, 9.17) is 21.1 Å². The lowest BCUT2D eigenvalue weighted by molar-refractivity contribution is 0.210. The zero-order valence-corrected chi connectivity index (χ0v) is 13.6. The highest BCUT2D eigenvalue weighted by Gasteiger charge is 2.05. The van der Waals surface area contributed by atoms with Crippen molar-refractivity contribution in [1.29, 1.82) is 0 Å². The number of anilines is 3. The van der Waals surface area contributed by atoms with Gasteiger partial charge in [0.2, 0.25) is 5.95 Å². The lowest BCUT2D eigenvalue weighted by Crippen LogP contribution is -2.10. The van der Waals surface area contributed by atoms with Crippen LogP contribution in [0.1, 0.15) is 5.69 Å². The van der Waals surface area contributed by atoms with Gasteiger partial charge in [0.15, 0.2) is 0 Å².